The zero-order chi connectivity index (χ0) is 20.2. The number of aromatic nitrogens is 2. The van der Waals surface area contributed by atoms with E-state index in [1.165, 1.54) is 12.1 Å². The quantitative estimate of drug-likeness (QED) is 0.504. The number of hydrogen-bond acceptors (Lipinski definition) is 4. The molecule has 2 aliphatic rings. The molecule has 2 aromatic carbocycles. The number of fused-ring (bicyclic) bond motifs is 3. The van der Waals surface area contributed by atoms with Crippen LogP contribution in [0.15, 0.2) is 82.6 Å². The lowest BCUT2D eigenvalue weighted by Gasteiger charge is -2.35. The second-order valence-electron chi connectivity index (χ2n) is 7.81. The Bertz CT molecular complexity index is 1300. The number of halogens is 1. The number of nitrogens with zero attached hydrogens (tertiary/aromatic N) is 2. The van der Waals surface area contributed by atoms with Gasteiger partial charge in [0.25, 0.3) is 0 Å². The summed E-state index contributed by atoms with van der Waals surface area (Å²) in [5, 5.41) is 3.42. The SMILES string of the molecule is O=C1C[C@@H](c2ccco2)CC2=C1[C@H](c1ccc(F)cc1)n1c(nc3ccccc31)N2. The molecule has 0 radical (unpaired) electrons. The summed E-state index contributed by atoms with van der Waals surface area (Å²) in [5.74, 6) is 1.27. The van der Waals surface area contributed by atoms with Crippen molar-refractivity contribution in [2.45, 2.75) is 24.8 Å². The van der Waals surface area contributed by atoms with Crippen molar-refractivity contribution in [2.24, 2.45) is 0 Å². The van der Waals surface area contributed by atoms with Crippen molar-refractivity contribution in [3.05, 3.63) is 95.3 Å². The normalized spacial score (nSPS) is 20.8. The Balaban J connectivity index is 1.55. The van der Waals surface area contributed by atoms with Crippen LogP contribution in [0.3, 0.4) is 0 Å². The Morgan fingerprint density at radius 3 is 2.67 bits per heavy atom. The van der Waals surface area contributed by atoms with Gasteiger partial charge in [-0.1, -0.05) is 24.3 Å². The van der Waals surface area contributed by atoms with E-state index >= 15 is 0 Å². The molecule has 4 aromatic rings. The first-order valence-corrected chi connectivity index (χ1v) is 9.98. The summed E-state index contributed by atoms with van der Waals surface area (Å²) in [6.45, 7) is 0. The van der Waals surface area contributed by atoms with Gasteiger partial charge in [-0.2, -0.15) is 0 Å². The average molecular weight is 399 g/mol. The number of carbonyl (C=O) groups excluding carboxylic acids is 1. The first-order chi connectivity index (χ1) is 14.7. The molecular formula is C24H18FN3O2. The molecule has 0 amide bonds. The van der Waals surface area contributed by atoms with Crippen LogP contribution in [-0.2, 0) is 4.79 Å². The molecule has 0 saturated heterocycles. The second kappa shape index (κ2) is 6.42. The lowest BCUT2D eigenvalue weighted by molar-refractivity contribution is -0.116. The van der Waals surface area contributed by atoms with E-state index in [2.05, 4.69) is 5.32 Å². The van der Waals surface area contributed by atoms with Gasteiger partial charge in [0.2, 0.25) is 5.95 Å². The molecule has 6 heteroatoms. The van der Waals surface area contributed by atoms with Crippen molar-refractivity contribution in [2.75, 3.05) is 5.32 Å². The van der Waals surface area contributed by atoms with Gasteiger partial charge in [-0.05, 0) is 48.4 Å². The highest BCUT2D eigenvalue weighted by Crippen LogP contribution is 2.45. The van der Waals surface area contributed by atoms with Crippen LogP contribution < -0.4 is 5.32 Å². The molecule has 0 spiro atoms. The summed E-state index contributed by atoms with van der Waals surface area (Å²) >= 11 is 0. The van der Waals surface area contributed by atoms with Crippen LogP contribution >= 0.6 is 0 Å². The maximum absolute atomic E-state index is 13.6. The van der Waals surface area contributed by atoms with Crippen LogP contribution in [0.1, 0.15) is 36.1 Å². The molecule has 0 saturated carbocycles. The van der Waals surface area contributed by atoms with Crippen LogP contribution in [0, 0.1) is 5.82 Å². The second-order valence-corrected chi connectivity index (χ2v) is 7.81. The molecule has 148 valence electrons. The fraction of sp³-hybridized carbons (Fsp3) is 0.167. The number of hydrogen-bond donors (Lipinski definition) is 1. The highest BCUT2D eigenvalue weighted by atomic mass is 19.1. The number of rotatable bonds is 2. The maximum atomic E-state index is 13.6. The molecule has 2 atom stereocenters. The largest absolute Gasteiger partial charge is 0.469 e. The molecule has 2 aromatic heterocycles. The molecule has 1 N–H and O–H groups in total. The molecule has 1 aliphatic carbocycles. The van der Waals surface area contributed by atoms with E-state index in [1.807, 2.05) is 41.0 Å². The molecule has 5 nitrogen and oxygen atoms in total. The van der Waals surface area contributed by atoms with Gasteiger partial charge < -0.3 is 9.73 Å². The summed E-state index contributed by atoms with van der Waals surface area (Å²) in [6, 6.07) is 17.6. The Hall–Kier alpha value is -3.67. The Kier molecular flexibility index (Phi) is 3.68. The lowest BCUT2D eigenvalue weighted by atomic mass is 9.79. The Morgan fingerprint density at radius 2 is 1.87 bits per heavy atom. The van der Waals surface area contributed by atoms with Gasteiger partial charge in [0.05, 0.1) is 23.3 Å². The van der Waals surface area contributed by atoms with Crippen LogP contribution in [0.25, 0.3) is 11.0 Å². The standard InChI is InChI=1S/C24H18FN3O2/c25-16-9-7-14(8-10-16)23-22-18(12-15(13-20(22)29)21-6-3-11-30-21)27-24-26-17-4-1-2-5-19(17)28(23)24/h1-11,15,23H,12-13H2,(H,26,27)/t15-,23-/m0/s1. The molecule has 0 unspecified atom stereocenters. The van der Waals surface area contributed by atoms with Gasteiger partial charge in [0, 0.05) is 23.6 Å². The lowest BCUT2D eigenvalue weighted by Crippen LogP contribution is -2.33. The highest BCUT2D eigenvalue weighted by Gasteiger charge is 2.40. The predicted octanol–water partition coefficient (Wildman–Crippen LogP) is 5.18. The minimum absolute atomic E-state index is 0.0106. The smallest absolute Gasteiger partial charge is 0.209 e. The molecule has 0 fully saturated rings. The number of nitrogens with one attached hydrogen (secondary N) is 1. The number of allylic oxidation sites excluding steroid dienone is 2. The number of imidazole rings is 1. The fourth-order valence-electron chi connectivity index (χ4n) is 4.71. The van der Waals surface area contributed by atoms with Crippen molar-refractivity contribution in [1.82, 2.24) is 9.55 Å². The highest BCUT2D eigenvalue weighted by molar-refractivity contribution is 6.01. The molecule has 30 heavy (non-hydrogen) atoms. The van der Waals surface area contributed by atoms with Crippen LogP contribution in [0.2, 0.25) is 0 Å². The number of furan rings is 1. The maximum Gasteiger partial charge on any atom is 0.209 e. The van der Waals surface area contributed by atoms with Gasteiger partial charge in [0.15, 0.2) is 5.78 Å². The molecule has 3 heterocycles. The van der Waals surface area contributed by atoms with E-state index < -0.39 is 0 Å². The van der Waals surface area contributed by atoms with E-state index in [9.17, 15) is 9.18 Å². The van der Waals surface area contributed by atoms with Crippen molar-refractivity contribution in [1.29, 1.82) is 0 Å². The summed E-state index contributed by atoms with van der Waals surface area (Å²) < 4.78 is 21.3. The van der Waals surface area contributed by atoms with E-state index in [0.29, 0.717) is 18.8 Å². The number of para-hydroxylation sites is 2. The Labute approximate surface area is 171 Å². The van der Waals surface area contributed by atoms with E-state index in [1.54, 1.807) is 18.4 Å². The van der Waals surface area contributed by atoms with E-state index in [4.69, 9.17) is 9.40 Å². The van der Waals surface area contributed by atoms with Crippen molar-refractivity contribution in [3.8, 4) is 0 Å². The monoisotopic (exact) mass is 399 g/mol. The summed E-state index contributed by atoms with van der Waals surface area (Å²) in [4.78, 5) is 18.2. The topological polar surface area (TPSA) is 60.1 Å². The van der Waals surface area contributed by atoms with Gasteiger partial charge in [-0.15, -0.1) is 0 Å². The first kappa shape index (κ1) is 17.2. The minimum Gasteiger partial charge on any atom is -0.469 e. The molecular weight excluding hydrogens is 381 g/mol. The molecule has 0 bridgehead atoms. The van der Waals surface area contributed by atoms with E-state index in [0.717, 1.165) is 33.6 Å². The first-order valence-electron chi connectivity index (χ1n) is 9.98. The molecule has 1 aliphatic heterocycles. The third kappa shape index (κ3) is 2.53. The zero-order valence-electron chi connectivity index (χ0n) is 16.0. The predicted molar refractivity (Wildman–Crippen MR) is 111 cm³/mol. The van der Waals surface area contributed by atoms with Crippen molar-refractivity contribution >= 4 is 22.8 Å². The zero-order valence-corrected chi connectivity index (χ0v) is 16.0. The van der Waals surface area contributed by atoms with Gasteiger partial charge >= 0.3 is 0 Å². The Morgan fingerprint density at radius 1 is 1.03 bits per heavy atom. The van der Waals surface area contributed by atoms with Gasteiger partial charge in [-0.25, -0.2) is 9.37 Å². The number of carbonyl (C=O) groups is 1. The summed E-state index contributed by atoms with van der Waals surface area (Å²) in [5.41, 5.74) is 4.23. The average Bonchev–Trinajstić information content (AvgIpc) is 3.41. The minimum atomic E-state index is -0.352. The van der Waals surface area contributed by atoms with Crippen molar-refractivity contribution in [3.63, 3.8) is 0 Å². The summed E-state index contributed by atoms with van der Waals surface area (Å²) in [6.07, 6.45) is 2.68. The van der Waals surface area contributed by atoms with E-state index in [-0.39, 0.29) is 23.6 Å². The number of benzene rings is 2. The van der Waals surface area contributed by atoms with Crippen molar-refractivity contribution < 1.29 is 13.6 Å². The van der Waals surface area contributed by atoms with Crippen LogP contribution in [-0.4, -0.2) is 15.3 Å². The third-order valence-electron chi connectivity index (χ3n) is 6.03. The number of anilines is 1. The summed E-state index contributed by atoms with van der Waals surface area (Å²) in [7, 11) is 0. The van der Waals surface area contributed by atoms with Gasteiger partial charge in [0.1, 0.15) is 11.6 Å². The molecule has 6 rings (SSSR count). The fourth-order valence-corrected chi connectivity index (χ4v) is 4.71. The van der Waals surface area contributed by atoms with Crippen LogP contribution in [0.5, 0.6) is 0 Å². The van der Waals surface area contributed by atoms with Gasteiger partial charge in [-0.3, -0.25) is 9.36 Å². The van der Waals surface area contributed by atoms with Crippen LogP contribution in [0.4, 0.5) is 10.3 Å². The third-order valence-corrected chi connectivity index (χ3v) is 6.03. The number of Topliss-reactive ketones (excluding diaryl/α,β-unsaturated/α-hetero) is 1. The number of ketones is 1.